The third-order valence-corrected chi connectivity index (χ3v) is 4.45. The van der Waals surface area contributed by atoms with E-state index in [1.54, 1.807) is 18.2 Å². The van der Waals surface area contributed by atoms with Crippen molar-refractivity contribution in [1.82, 2.24) is 0 Å². The zero-order chi connectivity index (χ0) is 19.2. The molecule has 6 nitrogen and oxygen atoms in total. The number of nitrogens with zero attached hydrogens (tertiary/aromatic N) is 1. The maximum atomic E-state index is 13.2. The number of aryl methyl sites for hydroxylation is 1. The van der Waals surface area contributed by atoms with Gasteiger partial charge in [0.2, 0.25) is 0 Å². The Morgan fingerprint density at radius 2 is 1.89 bits per heavy atom. The minimum absolute atomic E-state index is 0.102. The van der Waals surface area contributed by atoms with E-state index in [4.69, 9.17) is 14.6 Å². The van der Waals surface area contributed by atoms with Crippen molar-refractivity contribution in [2.24, 2.45) is 0 Å². The van der Waals surface area contributed by atoms with Crippen molar-refractivity contribution in [3.8, 4) is 11.5 Å². The number of hydrogen-bond donors (Lipinski definition) is 1. The second kappa shape index (κ2) is 8.58. The van der Waals surface area contributed by atoms with Gasteiger partial charge in [0.1, 0.15) is 0 Å². The van der Waals surface area contributed by atoms with Crippen molar-refractivity contribution in [2.75, 3.05) is 24.7 Å². The Labute approximate surface area is 158 Å². The Balaban J connectivity index is 1.90. The summed E-state index contributed by atoms with van der Waals surface area (Å²) in [7, 11) is 0. The van der Waals surface area contributed by atoms with Gasteiger partial charge in [0, 0.05) is 17.8 Å². The maximum absolute atomic E-state index is 13.2. The number of amides is 1. The number of para-hydroxylation sites is 1. The molecule has 0 radical (unpaired) electrons. The second-order valence-electron chi connectivity index (χ2n) is 6.32. The highest BCUT2D eigenvalue weighted by molar-refractivity contribution is 6.07. The molecule has 0 atom stereocenters. The molecule has 2 aromatic rings. The van der Waals surface area contributed by atoms with Crippen LogP contribution in [0.1, 0.15) is 35.7 Å². The smallest absolute Gasteiger partial charge is 0.341 e. The fraction of sp³-hybridized carbons (Fsp3) is 0.333. The number of carboxylic acids is 1. The van der Waals surface area contributed by atoms with Crippen molar-refractivity contribution >= 4 is 17.6 Å². The van der Waals surface area contributed by atoms with E-state index in [-0.39, 0.29) is 5.91 Å². The molecule has 0 saturated carbocycles. The van der Waals surface area contributed by atoms with Crippen LogP contribution < -0.4 is 14.4 Å². The molecule has 0 aliphatic carbocycles. The summed E-state index contributed by atoms with van der Waals surface area (Å²) in [6.07, 6.45) is 2.96. The average molecular weight is 369 g/mol. The molecule has 1 amide bonds. The SMILES string of the molecule is CCOc1cc(C(=O)N2CCCCc3ccccc32)ccc1OCC(=O)O. The van der Waals surface area contributed by atoms with Gasteiger partial charge in [-0.15, -0.1) is 0 Å². The Hall–Kier alpha value is -3.02. The first kappa shape index (κ1) is 18.8. The summed E-state index contributed by atoms with van der Waals surface area (Å²) in [5.74, 6) is -0.492. The number of anilines is 1. The lowest BCUT2D eigenvalue weighted by Gasteiger charge is -2.23. The van der Waals surface area contributed by atoms with E-state index >= 15 is 0 Å². The predicted octanol–water partition coefficient (Wildman–Crippen LogP) is 3.53. The van der Waals surface area contributed by atoms with E-state index in [0.29, 0.717) is 30.2 Å². The first-order valence-corrected chi connectivity index (χ1v) is 9.11. The lowest BCUT2D eigenvalue weighted by atomic mass is 10.1. The zero-order valence-corrected chi connectivity index (χ0v) is 15.3. The summed E-state index contributed by atoms with van der Waals surface area (Å²) in [6.45, 7) is 2.40. The molecule has 0 aromatic heterocycles. The van der Waals surface area contributed by atoms with E-state index in [1.165, 1.54) is 5.56 Å². The zero-order valence-electron chi connectivity index (χ0n) is 15.3. The van der Waals surface area contributed by atoms with Gasteiger partial charge in [0.05, 0.1) is 6.61 Å². The Morgan fingerprint density at radius 1 is 1.07 bits per heavy atom. The van der Waals surface area contributed by atoms with E-state index in [9.17, 15) is 9.59 Å². The molecule has 27 heavy (non-hydrogen) atoms. The lowest BCUT2D eigenvalue weighted by Crippen LogP contribution is -2.31. The molecule has 1 aliphatic rings. The molecule has 0 spiro atoms. The highest BCUT2D eigenvalue weighted by Crippen LogP contribution is 2.31. The van der Waals surface area contributed by atoms with Gasteiger partial charge in [-0.1, -0.05) is 18.2 Å². The van der Waals surface area contributed by atoms with Crippen molar-refractivity contribution in [3.63, 3.8) is 0 Å². The first-order valence-electron chi connectivity index (χ1n) is 9.11. The highest BCUT2D eigenvalue weighted by Gasteiger charge is 2.23. The number of hydrogen-bond acceptors (Lipinski definition) is 4. The van der Waals surface area contributed by atoms with Gasteiger partial charge >= 0.3 is 5.97 Å². The summed E-state index contributed by atoms with van der Waals surface area (Å²) in [6, 6.07) is 12.8. The molecule has 0 bridgehead atoms. The van der Waals surface area contributed by atoms with Crippen LogP contribution >= 0.6 is 0 Å². The lowest BCUT2D eigenvalue weighted by molar-refractivity contribution is -0.139. The number of benzene rings is 2. The van der Waals surface area contributed by atoms with E-state index in [1.807, 2.05) is 30.0 Å². The van der Waals surface area contributed by atoms with Crippen LogP contribution in [-0.4, -0.2) is 36.7 Å². The molecule has 2 aromatic carbocycles. The second-order valence-corrected chi connectivity index (χ2v) is 6.32. The molecular weight excluding hydrogens is 346 g/mol. The molecule has 0 fully saturated rings. The fourth-order valence-corrected chi connectivity index (χ4v) is 3.23. The van der Waals surface area contributed by atoms with E-state index < -0.39 is 12.6 Å². The largest absolute Gasteiger partial charge is 0.490 e. The van der Waals surface area contributed by atoms with Crippen molar-refractivity contribution in [3.05, 3.63) is 53.6 Å². The number of carboxylic acid groups (broad SMARTS) is 1. The number of carbonyl (C=O) groups excluding carboxylic acids is 1. The summed E-state index contributed by atoms with van der Waals surface area (Å²) in [5, 5.41) is 8.80. The van der Waals surface area contributed by atoms with Crippen molar-refractivity contribution < 1.29 is 24.2 Å². The number of rotatable bonds is 6. The summed E-state index contributed by atoms with van der Waals surface area (Å²) < 4.78 is 10.8. The van der Waals surface area contributed by atoms with Gasteiger partial charge in [-0.3, -0.25) is 4.79 Å². The molecule has 1 heterocycles. The van der Waals surface area contributed by atoms with Crippen LogP contribution in [0.4, 0.5) is 5.69 Å². The minimum atomic E-state index is -1.07. The van der Waals surface area contributed by atoms with Gasteiger partial charge < -0.3 is 19.5 Å². The van der Waals surface area contributed by atoms with Crippen LogP contribution in [0.3, 0.4) is 0 Å². The topological polar surface area (TPSA) is 76.1 Å². The number of ether oxygens (including phenoxy) is 2. The third kappa shape index (κ3) is 4.39. The molecule has 142 valence electrons. The Morgan fingerprint density at radius 3 is 2.67 bits per heavy atom. The number of fused-ring (bicyclic) bond motifs is 1. The molecule has 1 N–H and O–H groups in total. The Kier molecular flexibility index (Phi) is 5.96. The molecule has 1 aliphatic heterocycles. The van der Waals surface area contributed by atoms with Crippen LogP contribution in [-0.2, 0) is 11.2 Å². The molecule has 0 unspecified atom stereocenters. The Bertz CT molecular complexity index is 833. The van der Waals surface area contributed by atoms with Crippen molar-refractivity contribution in [1.29, 1.82) is 0 Å². The van der Waals surface area contributed by atoms with Crippen LogP contribution in [0.25, 0.3) is 0 Å². The fourth-order valence-electron chi connectivity index (χ4n) is 3.23. The first-order chi connectivity index (χ1) is 13.1. The van der Waals surface area contributed by atoms with E-state index in [2.05, 4.69) is 6.07 Å². The molecule has 3 rings (SSSR count). The van der Waals surface area contributed by atoms with Crippen LogP contribution in [0.15, 0.2) is 42.5 Å². The molecule has 6 heteroatoms. The summed E-state index contributed by atoms with van der Waals surface area (Å²) in [4.78, 5) is 25.7. The van der Waals surface area contributed by atoms with Crippen molar-refractivity contribution in [2.45, 2.75) is 26.2 Å². The third-order valence-electron chi connectivity index (χ3n) is 4.45. The summed E-state index contributed by atoms with van der Waals surface area (Å²) in [5.41, 5.74) is 2.61. The van der Waals surface area contributed by atoms with Gasteiger partial charge in [0.15, 0.2) is 18.1 Å². The summed E-state index contributed by atoms with van der Waals surface area (Å²) >= 11 is 0. The van der Waals surface area contributed by atoms with Crippen LogP contribution in [0.5, 0.6) is 11.5 Å². The predicted molar refractivity (Wildman–Crippen MR) is 102 cm³/mol. The monoisotopic (exact) mass is 369 g/mol. The van der Waals surface area contributed by atoms with Crippen LogP contribution in [0, 0.1) is 0 Å². The standard InChI is InChI=1S/C21H23NO5/c1-2-26-19-13-16(10-11-18(19)27-14-20(23)24)21(25)22-12-6-5-8-15-7-3-4-9-17(15)22/h3-4,7,9-11,13H,2,5-6,8,12,14H2,1H3,(H,23,24). The van der Waals surface area contributed by atoms with Gasteiger partial charge in [-0.25, -0.2) is 4.79 Å². The van der Waals surface area contributed by atoms with Gasteiger partial charge in [-0.05, 0) is 56.0 Å². The maximum Gasteiger partial charge on any atom is 0.341 e. The van der Waals surface area contributed by atoms with E-state index in [0.717, 1.165) is 24.9 Å². The molecule has 0 saturated heterocycles. The normalized spacial score (nSPS) is 13.4. The quantitative estimate of drug-likeness (QED) is 0.843. The van der Waals surface area contributed by atoms with Gasteiger partial charge in [-0.2, -0.15) is 0 Å². The molecular formula is C21H23NO5. The number of aliphatic carboxylic acids is 1. The number of carbonyl (C=O) groups is 2. The minimum Gasteiger partial charge on any atom is -0.490 e. The highest BCUT2D eigenvalue weighted by atomic mass is 16.5. The van der Waals surface area contributed by atoms with Crippen LogP contribution in [0.2, 0.25) is 0 Å². The van der Waals surface area contributed by atoms with Gasteiger partial charge in [0.25, 0.3) is 5.91 Å². The average Bonchev–Trinajstić information content (AvgIpc) is 2.89.